The molecule has 0 bridgehead atoms. The molecule has 0 aliphatic heterocycles. The Balaban J connectivity index is 2.19. The summed E-state index contributed by atoms with van der Waals surface area (Å²) in [6, 6.07) is 12.1. The van der Waals surface area contributed by atoms with E-state index >= 15 is 0 Å². The average Bonchev–Trinajstić information content (AvgIpc) is 2.46. The lowest BCUT2D eigenvalue weighted by Gasteiger charge is -2.00. The van der Waals surface area contributed by atoms with Gasteiger partial charge in [-0.2, -0.15) is 10.2 Å². The maximum absolute atomic E-state index is 12.8. The van der Waals surface area contributed by atoms with E-state index in [-0.39, 0.29) is 11.6 Å². The van der Waals surface area contributed by atoms with E-state index in [0.717, 1.165) is 11.1 Å². The molecule has 0 radical (unpaired) electrons. The zero-order valence-corrected chi connectivity index (χ0v) is 11.3. The quantitative estimate of drug-likeness (QED) is 0.591. The minimum Gasteiger partial charge on any atom is -0.207 e. The summed E-state index contributed by atoms with van der Waals surface area (Å²) in [4.78, 5) is 0. The van der Waals surface area contributed by atoms with E-state index in [1.165, 1.54) is 24.3 Å². The molecule has 0 fully saturated rings. The largest absolute Gasteiger partial charge is 0.207 e. The Bertz CT molecular complexity index is 582. The maximum Gasteiger partial charge on any atom is 0.123 e. The first-order valence-corrected chi connectivity index (χ1v) is 6.17. The molecule has 2 aromatic rings. The lowest BCUT2D eigenvalue weighted by atomic mass is 10.1. The van der Waals surface area contributed by atoms with E-state index < -0.39 is 0 Å². The summed E-state index contributed by atoms with van der Waals surface area (Å²) in [7, 11) is 0. The molecule has 0 aliphatic carbocycles. The van der Waals surface area contributed by atoms with Crippen LogP contribution in [0.5, 0.6) is 0 Å². The van der Waals surface area contributed by atoms with Crippen LogP contribution < -0.4 is 0 Å². The van der Waals surface area contributed by atoms with Gasteiger partial charge in [0.15, 0.2) is 0 Å². The second kappa shape index (κ2) is 6.19. The highest BCUT2D eigenvalue weighted by Gasteiger charge is 1.99. The van der Waals surface area contributed by atoms with Crippen LogP contribution in [-0.2, 0) is 0 Å². The molecular formula is C16H14F2N2. The van der Waals surface area contributed by atoms with Crippen molar-refractivity contribution in [2.75, 3.05) is 0 Å². The molecule has 0 saturated heterocycles. The standard InChI is InChI=1S/C16H14F2N2/c1-11(13-3-7-15(17)8-4-13)19-20-12(2)14-5-9-16(18)10-6-14/h3-10H,1-2H3/b19-11-,20-12+. The third-order valence-corrected chi connectivity index (χ3v) is 2.87. The van der Waals surface area contributed by atoms with Gasteiger partial charge in [0.2, 0.25) is 0 Å². The van der Waals surface area contributed by atoms with E-state index in [4.69, 9.17) is 0 Å². The van der Waals surface area contributed by atoms with E-state index in [2.05, 4.69) is 10.2 Å². The monoisotopic (exact) mass is 272 g/mol. The predicted molar refractivity (Wildman–Crippen MR) is 77.2 cm³/mol. The first kappa shape index (κ1) is 14.1. The fourth-order valence-electron chi connectivity index (χ4n) is 1.65. The van der Waals surface area contributed by atoms with Crippen molar-refractivity contribution < 1.29 is 8.78 Å². The van der Waals surface area contributed by atoms with Crippen molar-refractivity contribution in [1.29, 1.82) is 0 Å². The number of benzene rings is 2. The van der Waals surface area contributed by atoms with Crippen molar-refractivity contribution in [3.8, 4) is 0 Å². The molecule has 0 unspecified atom stereocenters. The van der Waals surface area contributed by atoms with Gasteiger partial charge in [-0.05, 0) is 49.2 Å². The SMILES string of the molecule is C/C(=N/N=C(\C)c1ccc(F)cc1)c1ccc(F)cc1. The summed E-state index contributed by atoms with van der Waals surface area (Å²) in [6.07, 6.45) is 0. The highest BCUT2D eigenvalue weighted by Crippen LogP contribution is 2.07. The summed E-state index contributed by atoms with van der Waals surface area (Å²) in [5, 5.41) is 8.22. The number of halogens is 2. The van der Waals surface area contributed by atoms with Gasteiger partial charge in [0.05, 0.1) is 11.4 Å². The van der Waals surface area contributed by atoms with Crippen LogP contribution in [0.4, 0.5) is 8.78 Å². The molecule has 102 valence electrons. The average molecular weight is 272 g/mol. The summed E-state index contributed by atoms with van der Waals surface area (Å²) < 4.78 is 25.6. The highest BCUT2D eigenvalue weighted by molar-refractivity contribution is 6.01. The fraction of sp³-hybridized carbons (Fsp3) is 0.125. The van der Waals surface area contributed by atoms with Gasteiger partial charge in [-0.3, -0.25) is 0 Å². The molecule has 2 rings (SSSR count). The molecule has 0 amide bonds. The third kappa shape index (κ3) is 3.57. The van der Waals surface area contributed by atoms with Crippen molar-refractivity contribution in [3.05, 3.63) is 71.3 Å². The molecule has 2 nitrogen and oxygen atoms in total. The second-order valence-corrected chi connectivity index (χ2v) is 4.38. The minimum atomic E-state index is -0.285. The van der Waals surface area contributed by atoms with Crippen LogP contribution in [0.3, 0.4) is 0 Å². The van der Waals surface area contributed by atoms with Crippen LogP contribution >= 0.6 is 0 Å². The molecule has 0 N–H and O–H groups in total. The van der Waals surface area contributed by atoms with Crippen LogP contribution in [0.15, 0.2) is 58.7 Å². The van der Waals surface area contributed by atoms with Crippen LogP contribution in [0.2, 0.25) is 0 Å². The first-order chi connectivity index (χ1) is 9.56. The third-order valence-electron chi connectivity index (χ3n) is 2.87. The molecule has 0 spiro atoms. The number of hydrogen-bond donors (Lipinski definition) is 0. The zero-order valence-electron chi connectivity index (χ0n) is 11.3. The Morgan fingerprint density at radius 1 is 0.650 bits per heavy atom. The Morgan fingerprint density at radius 2 is 0.950 bits per heavy atom. The van der Waals surface area contributed by atoms with Crippen molar-refractivity contribution >= 4 is 11.4 Å². The number of hydrogen-bond acceptors (Lipinski definition) is 2. The van der Waals surface area contributed by atoms with Crippen molar-refractivity contribution in [2.45, 2.75) is 13.8 Å². The lowest BCUT2D eigenvalue weighted by Crippen LogP contribution is -1.97. The summed E-state index contributed by atoms with van der Waals surface area (Å²) in [6.45, 7) is 3.60. The number of nitrogens with zero attached hydrogens (tertiary/aromatic N) is 2. The molecular weight excluding hydrogens is 258 g/mol. The van der Waals surface area contributed by atoms with Gasteiger partial charge in [-0.15, -0.1) is 0 Å². The van der Waals surface area contributed by atoms with E-state index in [0.29, 0.717) is 11.4 Å². The first-order valence-electron chi connectivity index (χ1n) is 6.17. The van der Waals surface area contributed by atoms with Gasteiger partial charge in [0.1, 0.15) is 11.6 Å². The molecule has 20 heavy (non-hydrogen) atoms. The Hall–Kier alpha value is -2.36. The van der Waals surface area contributed by atoms with Crippen LogP contribution in [-0.4, -0.2) is 11.4 Å². The van der Waals surface area contributed by atoms with Gasteiger partial charge < -0.3 is 0 Å². The normalized spacial score (nSPS) is 12.6. The summed E-state index contributed by atoms with van der Waals surface area (Å²) in [5.74, 6) is -0.569. The van der Waals surface area contributed by atoms with Crippen molar-refractivity contribution in [1.82, 2.24) is 0 Å². The van der Waals surface area contributed by atoms with Crippen LogP contribution in [0, 0.1) is 11.6 Å². The lowest BCUT2D eigenvalue weighted by molar-refractivity contribution is 0.627. The molecule has 0 aromatic heterocycles. The van der Waals surface area contributed by atoms with Gasteiger partial charge in [-0.25, -0.2) is 8.78 Å². The fourth-order valence-corrected chi connectivity index (χ4v) is 1.65. The smallest absolute Gasteiger partial charge is 0.123 e. The summed E-state index contributed by atoms with van der Waals surface area (Å²) >= 11 is 0. The molecule has 0 saturated carbocycles. The summed E-state index contributed by atoms with van der Waals surface area (Å²) in [5.41, 5.74) is 2.99. The van der Waals surface area contributed by atoms with Gasteiger partial charge in [0.25, 0.3) is 0 Å². The second-order valence-electron chi connectivity index (χ2n) is 4.38. The van der Waals surface area contributed by atoms with E-state index in [1.807, 2.05) is 0 Å². The maximum atomic E-state index is 12.8. The zero-order chi connectivity index (χ0) is 14.5. The Morgan fingerprint density at radius 3 is 1.25 bits per heavy atom. The van der Waals surface area contributed by atoms with Gasteiger partial charge >= 0.3 is 0 Å². The minimum absolute atomic E-state index is 0.285. The van der Waals surface area contributed by atoms with E-state index in [9.17, 15) is 8.78 Å². The van der Waals surface area contributed by atoms with Crippen LogP contribution in [0.25, 0.3) is 0 Å². The Labute approximate surface area is 116 Å². The van der Waals surface area contributed by atoms with Crippen molar-refractivity contribution in [3.63, 3.8) is 0 Å². The van der Waals surface area contributed by atoms with E-state index in [1.54, 1.807) is 38.1 Å². The molecule has 2 aromatic carbocycles. The molecule has 0 aliphatic rings. The highest BCUT2D eigenvalue weighted by atomic mass is 19.1. The van der Waals surface area contributed by atoms with Crippen LogP contribution in [0.1, 0.15) is 25.0 Å². The van der Waals surface area contributed by atoms with Crippen molar-refractivity contribution in [2.24, 2.45) is 10.2 Å². The Kier molecular flexibility index (Phi) is 4.35. The topological polar surface area (TPSA) is 24.7 Å². The molecule has 0 heterocycles. The predicted octanol–water partition coefficient (Wildman–Crippen LogP) is 4.20. The molecule has 0 atom stereocenters. The van der Waals surface area contributed by atoms with Gasteiger partial charge in [0, 0.05) is 0 Å². The number of rotatable bonds is 3. The van der Waals surface area contributed by atoms with Gasteiger partial charge in [-0.1, -0.05) is 24.3 Å². The molecule has 4 heteroatoms.